The highest BCUT2D eigenvalue weighted by Gasteiger charge is 2.26. The summed E-state index contributed by atoms with van der Waals surface area (Å²) in [5.41, 5.74) is 0.270. The monoisotopic (exact) mass is 338 g/mol. The summed E-state index contributed by atoms with van der Waals surface area (Å²) in [7, 11) is 0. The van der Waals surface area contributed by atoms with Gasteiger partial charge in [-0.3, -0.25) is 9.59 Å². The van der Waals surface area contributed by atoms with Crippen LogP contribution in [-0.4, -0.2) is 35.0 Å². The van der Waals surface area contributed by atoms with Gasteiger partial charge in [0.05, 0.1) is 0 Å². The van der Waals surface area contributed by atoms with Crippen molar-refractivity contribution < 1.29 is 23.9 Å². The molecule has 0 saturated carbocycles. The van der Waals surface area contributed by atoms with Gasteiger partial charge in [0.2, 0.25) is 11.8 Å². The number of hydrogen-bond acceptors (Lipinski definition) is 3. The maximum atomic E-state index is 13.8. The molecule has 0 heterocycles. The number of carbonyl (C=O) groups is 3. The van der Waals surface area contributed by atoms with Crippen LogP contribution in [0, 0.1) is 5.82 Å². The van der Waals surface area contributed by atoms with Crippen LogP contribution >= 0.6 is 0 Å². The van der Waals surface area contributed by atoms with Gasteiger partial charge in [0, 0.05) is 13.3 Å². The SMILES string of the molecule is CCCC[C@H](NC(=O)[C@H](Cc1ccccc1F)NC(C)=O)C(=O)O. The molecular formula is C17H23FN2O4. The van der Waals surface area contributed by atoms with Crippen molar-refractivity contribution in [2.45, 2.75) is 51.6 Å². The first-order valence-electron chi connectivity index (χ1n) is 7.88. The van der Waals surface area contributed by atoms with Crippen LogP contribution in [0.1, 0.15) is 38.7 Å². The number of nitrogens with one attached hydrogen (secondary N) is 2. The van der Waals surface area contributed by atoms with Crippen molar-refractivity contribution in [3.8, 4) is 0 Å². The van der Waals surface area contributed by atoms with E-state index in [1.54, 1.807) is 6.07 Å². The molecule has 0 aliphatic rings. The lowest BCUT2D eigenvalue weighted by Gasteiger charge is -2.21. The van der Waals surface area contributed by atoms with Gasteiger partial charge >= 0.3 is 5.97 Å². The van der Waals surface area contributed by atoms with Gasteiger partial charge < -0.3 is 15.7 Å². The van der Waals surface area contributed by atoms with Crippen LogP contribution < -0.4 is 10.6 Å². The lowest BCUT2D eigenvalue weighted by Crippen LogP contribution is -2.52. The molecule has 6 nitrogen and oxygen atoms in total. The fourth-order valence-electron chi connectivity index (χ4n) is 2.28. The molecule has 7 heteroatoms. The summed E-state index contributed by atoms with van der Waals surface area (Å²) in [6, 6.07) is 3.86. The molecule has 0 aliphatic heterocycles. The number of unbranched alkanes of at least 4 members (excludes halogenated alkanes) is 1. The number of amides is 2. The van der Waals surface area contributed by atoms with Gasteiger partial charge in [-0.05, 0) is 18.1 Å². The Morgan fingerprint density at radius 3 is 2.38 bits per heavy atom. The van der Waals surface area contributed by atoms with E-state index in [2.05, 4.69) is 10.6 Å². The second kappa shape index (κ2) is 9.64. The van der Waals surface area contributed by atoms with Gasteiger partial charge in [-0.2, -0.15) is 0 Å². The molecule has 3 N–H and O–H groups in total. The second-order valence-corrected chi connectivity index (χ2v) is 5.59. The average molecular weight is 338 g/mol. The van der Waals surface area contributed by atoms with Gasteiger partial charge in [-0.1, -0.05) is 38.0 Å². The van der Waals surface area contributed by atoms with Crippen molar-refractivity contribution in [1.82, 2.24) is 10.6 Å². The molecule has 0 aliphatic carbocycles. The summed E-state index contributed by atoms with van der Waals surface area (Å²) in [6.07, 6.45) is 1.68. The number of carbonyl (C=O) groups excluding carboxylic acids is 2. The molecule has 1 aromatic carbocycles. The molecule has 1 rings (SSSR count). The van der Waals surface area contributed by atoms with E-state index in [4.69, 9.17) is 0 Å². The van der Waals surface area contributed by atoms with Crippen molar-refractivity contribution >= 4 is 17.8 Å². The highest BCUT2D eigenvalue weighted by atomic mass is 19.1. The van der Waals surface area contributed by atoms with Gasteiger partial charge in [-0.15, -0.1) is 0 Å². The van der Waals surface area contributed by atoms with E-state index in [0.717, 1.165) is 6.42 Å². The van der Waals surface area contributed by atoms with Gasteiger partial charge in [0.25, 0.3) is 0 Å². The zero-order valence-corrected chi connectivity index (χ0v) is 13.8. The molecule has 0 radical (unpaired) electrons. The molecule has 0 spiro atoms. The third-order valence-corrected chi connectivity index (χ3v) is 3.54. The van der Waals surface area contributed by atoms with Gasteiger partial charge in [0.1, 0.15) is 17.9 Å². The average Bonchev–Trinajstić information content (AvgIpc) is 2.51. The number of aliphatic carboxylic acids is 1. The quantitative estimate of drug-likeness (QED) is 0.638. The Morgan fingerprint density at radius 1 is 1.17 bits per heavy atom. The number of benzene rings is 1. The topological polar surface area (TPSA) is 95.5 Å². The van der Waals surface area contributed by atoms with Crippen LogP contribution in [-0.2, 0) is 20.8 Å². The second-order valence-electron chi connectivity index (χ2n) is 5.59. The molecule has 24 heavy (non-hydrogen) atoms. The molecule has 0 bridgehead atoms. The zero-order valence-electron chi connectivity index (χ0n) is 13.8. The largest absolute Gasteiger partial charge is 0.480 e. The Hall–Kier alpha value is -2.44. The molecule has 0 saturated heterocycles. The number of halogens is 1. The molecule has 0 fully saturated rings. The maximum absolute atomic E-state index is 13.8. The van der Waals surface area contributed by atoms with Crippen LogP contribution in [0.3, 0.4) is 0 Å². The molecule has 0 unspecified atom stereocenters. The molecule has 2 amide bonds. The van der Waals surface area contributed by atoms with Crippen LogP contribution in [0.25, 0.3) is 0 Å². The highest BCUT2D eigenvalue weighted by Crippen LogP contribution is 2.10. The normalized spacial score (nSPS) is 13.0. The Balaban J connectivity index is 2.86. The number of carboxylic acid groups (broad SMARTS) is 1. The van der Waals surface area contributed by atoms with Crippen molar-refractivity contribution in [3.05, 3.63) is 35.6 Å². The first kappa shape index (κ1) is 19.6. The first-order valence-corrected chi connectivity index (χ1v) is 7.88. The van der Waals surface area contributed by atoms with E-state index in [9.17, 15) is 23.9 Å². The number of carboxylic acids is 1. The third kappa shape index (κ3) is 6.36. The zero-order chi connectivity index (χ0) is 18.1. The summed E-state index contributed by atoms with van der Waals surface area (Å²) >= 11 is 0. The van der Waals surface area contributed by atoms with E-state index in [-0.39, 0.29) is 12.0 Å². The van der Waals surface area contributed by atoms with Gasteiger partial charge in [-0.25, -0.2) is 9.18 Å². The molecule has 132 valence electrons. The van der Waals surface area contributed by atoms with E-state index in [0.29, 0.717) is 12.8 Å². The van der Waals surface area contributed by atoms with Gasteiger partial charge in [0.15, 0.2) is 0 Å². The van der Waals surface area contributed by atoms with Crippen molar-refractivity contribution in [3.63, 3.8) is 0 Å². The predicted octanol–water partition coefficient (Wildman–Crippen LogP) is 1.63. The van der Waals surface area contributed by atoms with E-state index in [1.807, 2.05) is 6.92 Å². The molecular weight excluding hydrogens is 315 g/mol. The molecule has 1 aromatic rings. The first-order chi connectivity index (χ1) is 11.3. The summed E-state index contributed by atoms with van der Waals surface area (Å²) < 4.78 is 13.8. The minimum atomic E-state index is -1.13. The lowest BCUT2D eigenvalue weighted by atomic mass is 10.0. The summed E-state index contributed by atoms with van der Waals surface area (Å²) in [6.45, 7) is 3.16. The molecule has 0 aromatic heterocycles. The standard InChI is InChI=1S/C17H23FN2O4/c1-3-4-9-14(17(23)24)20-16(22)15(19-11(2)21)10-12-7-5-6-8-13(12)18/h5-8,14-15H,3-4,9-10H2,1-2H3,(H,19,21)(H,20,22)(H,23,24)/t14-,15-/m0/s1. The number of hydrogen-bond donors (Lipinski definition) is 3. The Morgan fingerprint density at radius 2 is 1.83 bits per heavy atom. The van der Waals surface area contributed by atoms with E-state index >= 15 is 0 Å². The van der Waals surface area contributed by atoms with Crippen LogP contribution in [0.2, 0.25) is 0 Å². The summed E-state index contributed by atoms with van der Waals surface area (Å²) in [5.74, 6) is -2.71. The summed E-state index contributed by atoms with van der Waals surface area (Å²) in [5, 5.41) is 14.1. The van der Waals surface area contributed by atoms with Crippen LogP contribution in [0.5, 0.6) is 0 Å². The Kier molecular flexibility index (Phi) is 7.88. The Labute approximate surface area is 140 Å². The van der Waals surface area contributed by atoms with Crippen molar-refractivity contribution in [2.24, 2.45) is 0 Å². The third-order valence-electron chi connectivity index (χ3n) is 3.54. The highest BCUT2D eigenvalue weighted by molar-refractivity contribution is 5.90. The fraction of sp³-hybridized carbons (Fsp3) is 0.471. The predicted molar refractivity (Wildman–Crippen MR) is 86.8 cm³/mol. The minimum Gasteiger partial charge on any atom is -0.480 e. The van der Waals surface area contributed by atoms with E-state index < -0.39 is 35.7 Å². The summed E-state index contributed by atoms with van der Waals surface area (Å²) in [4.78, 5) is 34.9. The number of rotatable bonds is 9. The smallest absolute Gasteiger partial charge is 0.326 e. The van der Waals surface area contributed by atoms with E-state index in [1.165, 1.54) is 25.1 Å². The maximum Gasteiger partial charge on any atom is 0.326 e. The van der Waals surface area contributed by atoms with Crippen LogP contribution in [0.15, 0.2) is 24.3 Å². The fourth-order valence-corrected chi connectivity index (χ4v) is 2.28. The molecule has 2 atom stereocenters. The van der Waals surface area contributed by atoms with Crippen LogP contribution in [0.4, 0.5) is 4.39 Å². The minimum absolute atomic E-state index is 0.0573. The van der Waals surface area contributed by atoms with Crippen molar-refractivity contribution in [2.75, 3.05) is 0 Å². The van der Waals surface area contributed by atoms with Crippen molar-refractivity contribution in [1.29, 1.82) is 0 Å². The Bertz CT molecular complexity index is 592. The lowest BCUT2D eigenvalue weighted by molar-refractivity contribution is -0.142.